The van der Waals surface area contributed by atoms with Gasteiger partial charge in [-0.1, -0.05) is 48.0 Å². The number of aromatic nitrogens is 1. The normalized spacial score (nSPS) is 13.6. The summed E-state index contributed by atoms with van der Waals surface area (Å²) in [5, 5.41) is 5.62. The second-order valence-corrected chi connectivity index (χ2v) is 7.63. The fraction of sp³-hybridized carbons (Fsp3) is 0.167. The van der Waals surface area contributed by atoms with Gasteiger partial charge in [-0.25, -0.2) is 14.6 Å². The fourth-order valence-corrected chi connectivity index (χ4v) is 3.91. The van der Waals surface area contributed by atoms with Gasteiger partial charge in [0.25, 0.3) is 5.91 Å². The summed E-state index contributed by atoms with van der Waals surface area (Å²) in [6.45, 7) is -0.569. The minimum atomic E-state index is -0.716. The quantitative estimate of drug-likeness (QED) is 0.587. The number of urea groups is 1. The van der Waals surface area contributed by atoms with Gasteiger partial charge in [0.2, 0.25) is 0 Å². The van der Waals surface area contributed by atoms with Crippen molar-refractivity contribution < 1.29 is 19.1 Å². The number of allylic oxidation sites excluding steroid dienone is 1. The molecule has 162 valence electrons. The molecule has 1 heterocycles. The van der Waals surface area contributed by atoms with Crippen LogP contribution in [0.15, 0.2) is 48.5 Å². The molecule has 0 fully saturated rings. The Morgan fingerprint density at radius 1 is 1.09 bits per heavy atom. The van der Waals surface area contributed by atoms with Crippen LogP contribution in [0.3, 0.4) is 0 Å². The first-order valence-corrected chi connectivity index (χ1v) is 10.4. The lowest BCUT2D eigenvalue weighted by Gasteiger charge is -2.12. The Hall–Kier alpha value is -3.71. The highest BCUT2D eigenvalue weighted by atomic mass is 35.5. The van der Waals surface area contributed by atoms with Crippen molar-refractivity contribution in [3.8, 4) is 0 Å². The van der Waals surface area contributed by atoms with E-state index < -0.39 is 24.5 Å². The van der Waals surface area contributed by atoms with Crippen molar-refractivity contribution in [1.29, 1.82) is 0 Å². The number of amides is 3. The van der Waals surface area contributed by atoms with Crippen molar-refractivity contribution in [2.24, 2.45) is 0 Å². The number of ether oxygens (including phenoxy) is 1. The number of hydrogen-bond donors (Lipinski definition) is 2. The lowest BCUT2D eigenvalue weighted by molar-refractivity contribution is -0.123. The SMILES string of the molecule is CNC(=O)NC(=O)COC(=O)c1c2c(nc3ccccc13)/C(=C/c1ccccc1Cl)CC2. The summed E-state index contributed by atoms with van der Waals surface area (Å²) in [6, 6.07) is 14.2. The third-order valence-electron chi connectivity index (χ3n) is 5.20. The molecular weight excluding hydrogens is 430 g/mol. The van der Waals surface area contributed by atoms with E-state index in [-0.39, 0.29) is 0 Å². The van der Waals surface area contributed by atoms with E-state index in [9.17, 15) is 14.4 Å². The van der Waals surface area contributed by atoms with Gasteiger partial charge in [0.05, 0.1) is 16.8 Å². The maximum absolute atomic E-state index is 13.0. The summed E-state index contributed by atoms with van der Waals surface area (Å²) in [7, 11) is 1.38. The Morgan fingerprint density at radius 2 is 1.84 bits per heavy atom. The number of carbonyl (C=O) groups excluding carboxylic acids is 3. The van der Waals surface area contributed by atoms with E-state index in [1.165, 1.54) is 7.05 Å². The van der Waals surface area contributed by atoms with Crippen LogP contribution in [0.25, 0.3) is 22.6 Å². The van der Waals surface area contributed by atoms with E-state index in [4.69, 9.17) is 21.3 Å². The van der Waals surface area contributed by atoms with Gasteiger partial charge in [-0.15, -0.1) is 0 Å². The molecule has 3 amide bonds. The summed E-state index contributed by atoms with van der Waals surface area (Å²) in [5.74, 6) is -1.35. The average molecular weight is 450 g/mol. The molecule has 8 heteroatoms. The van der Waals surface area contributed by atoms with Crippen LogP contribution >= 0.6 is 11.6 Å². The highest BCUT2D eigenvalue weighted by Gasteiger charge is 2.28. The predicted molar refractivity (Wildman–Crippen MR) is 122 cm³/mol. The maximum atomic E-state index is 13.0. The van der Waals surface area contributed by atoms with Gasteiger partial charge >= 0.3 is 12.0 Å². The average Bonchev–Trinajstić information content (AvgIpc) is 3.19. The number of carbonyl (C=O) groups is 3. The van der Waals surface area contributed by atoms with Crippen molar-refractivity contribution in [1.82, 2.24) is 15.6 Å². The van der Waals surface area contributed by atoms with Gasteiger partial charge in [0, 0.05) is 17.5 Å². The van der Waals surface area contributed by atoms with Crippen LogP contribution in [0.1, 0.15) is 33.6 Å². The minimum Gasteiger partial charge on any atom is -0.452 e. The molecule has 0 spiro atoms. The van der Waals surface area contributed by atoms with Gasteiger partial charge in [-0.05, 0) is 47.8 Å². The summed E-state index contributed by atoms with van der Waals surface area (Å²) in [5.41, 5.74) is 4.40. The van der Waals surface area contributed by atoms with E-state index in [0.29, 0.717) is 34.3 Å². The molecule has 3 aromatic rings. The fourth-order valence-electron chi connectivity index (χ4n) is 3.72. The molecule has 0 saturated carbocycles. The predicted octanol–water partition coefficient (Wildman–Crippen LogP) is 3.99. The molecule has 1 aliphatic carbocycles. The van der Waals surface area contributed by atoms with Crippen LogP contribution in [-0.2, 0) is 16.0 Å². The molecule has 7 nitrogen and oxygen atoms in total. The van der Waals surface area contributed by atoms with Crippen molar-refractivity contribution >= 4 is 52.1 Å². The highest BCUT2D eigenvalue weighted by molar-refractivity contribution is 6.32. The molecule has 4 rings (SSSR count). The monoisotopic (exact) mass is 449 g/mol. The third kappa shape index (κ3) is 4.33. The summed E-state index contributed by atoms with van der Waals surface area (Å²) in [6.07, 6.45) is 3.29. The maximum Gasteiger partial charge on any atom is 0.339 e. The van der Waals surface area contributed by atoms with Crippen LogP contribution in [0.2, 0.25) is 5.02 Å². The van der Waals surface area contributed by atoms with Crippen molar-refractivity contribution in [3.63, 3.8) is 0 Å². The number of rotatable bonds is 4. The van der Waals surface area contributed by atoms with Crippen molar-refractivity contribution in [2.45, 2.75) is 12.8 Å². The van der Waals surface area contributed by atoms with E-state index in [1.54, 1.807) is 6.07 Å². The second kappa shape index (κ2) is 9.20. The summed E-state index contributed by atoms with van der Waals surface area (Å²) >= 11 is 6.32. The van der Waals surface area contributed by atoms with Gasteiger partial charge in [-0.3, -0.25) is 10.1 Å². The minimum absolute atomic E-state index is 0.390. The number of hydrogen-bond acceptors (Lipinski definition) is 5. The zero-order valence-corrected chi connectivity index (χ0v) is 18.0. The van der Waals surface area contributed by atoms with Crippen molar-refractivity contribution in [3.05, 3.63) is 75.9 Å². The molecular formula is C24H20ClN3O4. The molecule has 0 atom stereocenters. The third-order valence-corrected chi connectivity index (χ3v) is 5.54. The molecule has 2 aromatic carbocycles. The molecule has 0 bridgehead atoms. The number of esters is 1. The lowest BCUT2D eigenvalue weighted by atomic mass is 10.0. The number of nitrogens with zero attached hydrogens (tertiary/aromatic N) is 1. The van der Waals surface area contributed by atoms with E-state index in [2.05, 4.69) is 10.6 Å². The zero-order chi connectivity index (χ0) is 22.7. The second-order valence-electron chi connectivity index (χ2n) is 7.23. The number of halogens is 1. The largest absolute Gasteiger partial charge is 0.452 e. The van der Waals surface area contributed by atoms with E-state index >= 15 is 0 Å². The van der Waals surface area contributed by atoms with Crippen LogP contribution < -0.4 is 10.6 Å². The first kappa shape index (κ1) is 21.5. The lowest BCUT2D eigenvalue weighted by Crippen LogP contribution is -2.39. The number of benzene rings is 2. The number of para-hydroxylation sites is 1. The van der Waals surface area contributed by atoms with Crippen LogP contribution in [0.4, 0.5) is 4.79 Å². The standard InChI is InChI=1S/C24H20ClN3O4/c1-26-24(31)28-20(29)13-32-23(30)21-16-7-3-5-9-19(16)27-22-15(10-11-17(21)22)12-14-6-2-4-8-18(14)25/h2-9,12H,10-11,13H2,1H3,(H2,26,28,29,31)/b15-12+. The smallest absolute Gasteiger partial charge is 0.339 e. The number of nitrogens with one attached hydrogen (secondary N) is 2. The number of pyridine rings is 1. The molecule has 0 unspecified atom stereocenters. The van der Waals surface area contributed by atoms with Gasteiger partial charge in [-0.2, -0.15) is 0 Å². The first-order valence-electron chi connectivity index (χ1n) is 10.0. The van der Waals surface area contributed by atoms with Crippen LogP contribution in [-0.4, -0.2) is 36.5 Å². The van der Waals surface area contributed by atoms with Gasteiger partial charge < -0.3 is 10.1 Å². The van der Waals surface area contributed by atoms with Crippen LogP contribution in [0, 0.1) is 0 Å². The molecule has 2 N–H and O–H groups in total. The first-order chi connectivity index (χ1) is 15.5. The Morgan fingerprint density at radius 3 is 2.62 bits per heavy atom. The molecule has 1 aliphatic rings. The number of imide groups is 1. The Balaban J connectivity index is 1.71. The Bertz CT molecular complexity index is 1270. The van der Waals surface area contributed by atoms with Crippen molar-refractivity contribution in [2.75, 3.05) is 13.7 Å². The van der Waals surface area contributed by atoms with E-state index in [1.807, 2.05) is 48.5 Å². The topological polar surface area (TPSA) is 97.4 Å². The number of fused-ring (bicyclic) bond motifs is 2. The zero-order valence-electron chi connectivity index (χ0n) is 17.3. The Kier molecular flexibility index (Phi) is 6.18. The van der Waals surface area contributed by atoms with Gasteiger partial charge in [0.1, 0.15) is 0 Å². The van der Waals surface area contributed by atoms with Crippen LogP contribution in [0.5, 0.6) is 0 Å². The van der Waals surface area contributed by atoms with E-state index in [0.717, 1.165) is 22.4 Å². The molecule has 0 saturated heterocycles. The molecule has 0 aliphatic heterocycles. The highest BCUT2D eigenvalue weighted by Crippen LogP contribution is 2.38. The van der Waals surface area contributed by atoms with Gasteiger partial charge in [0.15, 0.2) is 6.61 Å². The summed E-state index contributed by atoms with van der Waals surface area (Å²) < 4.78 is 5.24. The molecule has 0 radical (unpaired) electrons. The molecule has 32 heavy (non-hydrogen) atoms. The Labute approximate surface area is 189 Å². The summed E-state index contributed by atoms with van der Waals surface area (Å²) in [4.78, 5) is 40.9. The molecule has 1 aromatic heterocycles.